The van der Waals surface area contributed by atoms with Crippen LogP contribution in [0, 0.1) is 0 Å². The summed E-state index contributed by atoms with van der Waals surface area (Å²) in [6.07, 6.45) is 7.68. The summed E-state index contributed by atoms with van der Waals surface area (Å²) in [6, 6.07) is 8.99. The molecule has 0 spiro atoms. The van der Waals surface area contributed by atoms with Gasteiger partial charge in [0.2, 0.25) is 0 Å². The van der Waals surface area contributed by atoms with Crippen LogP contribution in [0.25, 0.3) is 0 Å². The first-order chi connectivity index (χ1) is 6.93. The minimum Gasteiger partial charge on any atom is -0.376 e. The number of rotatable bonds is 0. The lowest BCUT2D eigenvalue weighted by molar-refractivity contribution is 0.858. The third-order valence-electron chi connectivity index (χ3n) is 2.56. The van der Waals surface area contributed by atoms with Crippen LogP contribution in [0.15, 0.2) is 52.3 Å². The van der Waals surface area contributed by atoms with Gasteiger partial charge in [-0.15, -0.1) is 0 Å². The fraction of sp³-hybridized carbons (Fsp3) is 0.167. The molecular weight excluding hydrogens is 190 g/mol. The smallest absolute Gasteiger partial charge is 0.0611 e. The Morgan fingerprint density at radius 2 is 2.21 bits per heavy atom. The predicted octanol–water partition coefficient (Wildman–Crippen LogP) is 3.42. The van der Waals surface area contributed by atoms with Gasteiger partial charge in [0.1, 0.15) is 0 Å². The SMILES string of the molecule is C1=CCC2Nc3ccccc3SC2=C1. The number of allylic oxidation sites excluding steroid dienone is 2. The van der Waals surface area contributed by atoms with Crippen molar-refractivity contribution in [3.8, 4) is 0 Å². The highest BCUT2D eigenvalue weighted by molar-refractivity contribution is 8.03. The number of para-hydroxylation sites is 1. The van der Waals surface area contributed by atoms with E-state index in [0.717, 1.165) is 6.42 Å². The molecule has 0 bridgehead atoms. The van der Waals surface area contributed by atoms with Gasteiger partial charge >= 0.3 is 0 Å². The van der Waals surface area contributed by atoms with Crippen molar-refractivity contribution in [3.63, 3.8) is 0 Å². The maximum atomic E-state index is 3.56. The number of fused-ring (bicyclic) bond motifs is 2. The number of thioether (sulfide) groups is 1. The largest absolute Gasteiger partial charge is 0.376 e. The van der Waals surface area contributed by atoms with Crippen molar-refractivity contribution in [2.24, 2.45) is 0 Å². The van der Waals surface area contributed by atoms with Crippen molar-refractivity contribution in [2.45, 2.75) is 17.4 Å². The van der Waals surface area contributed by atoms with Crippen LogP contribution >= 0.6 is 11.8 Å². The first-order valence-electron chi connectivity index (χ1n) is 4.83. The van der Waals surface area contributed by atoms with Crippen LogP contribution in [0.2, 0.25) is 0 Å². The van der Waals surface area contributed by atoms with Gasteiger partial charge in [0, 0.05) is 15.5 Å². The van der Waals surface area contributed by atoms with E-state index >= 15 is 0 Å². The zero-order chi connectivity index (χ0) is 9.38. The van der Waals surface area contributed by atoms with Gasteiger partial charge in [-0.05, 0) is 18.6 Å². The van der Waals surface area contributed by atoms with Crippen LogP contribution in [0.4, 0.5) is 5.69 Å². The lowest BCUT2D eigenvalue weighted by Gasteiger charge is -2.29. The second-order valence-corrected chi connectivity index (χ2v) is 4.64. The Balaban J connectivity index is 2.03. The number of benzene rings is 1. The van der Waals surface area contributed by atoms with Crippen molar-refractivity contribution in [1.29, 1.82) is 0 Å². The van der Waals surface area contributed by atoms with Crippen LogP contribution in [-0.4, -0.2) is 6.04 Å². The van der Waals surface area contributed by atoms with Crippen LogP contribution in [0.3, 0.4) is 0 Å². The fourth-order valence-corrected chi connectivity index (χ4v) is 2.92. The third-order valence-corrected chi connectivity index (χ3v) is 3.79. The highest BCUT2D eigenvalue weighted by Gasteiger charge is 2.22. The average Bonchev–Trinajstić information content (AvgIpc) is 2.26. The lowest BCUT2D eigenvalue weighted by atomic mass is 10.1. The third kappa shape index (κ3) is 1.26. The fourth-order valence-electron chi connectivity index (χ4n) is 1.83. The minimum absolute atomic E-state index is 0.500. The van der Waals surface area contributed by atoms with Gasteiger partial charge in [-0.3, -0.25) is 0 Å². The molecule has 0 saturated heterocycles. The van der Waals surface area contributed by atoms with E-state index in [2.05, 4.69) is 47.8 Å². The molecule has 1 aliphatic carbocycles. The van der Waals surface area contributed by atoms with E-state index in [1.807, 2.05) is 11.8 Å². The highest BCUT2D eigenvalue weighted by atomic mass is 32.2. The Kier molecular flexibility index (Phi) is 1.88. The highest BCUT2D eigenvalue weighted by Crippen LogP contribution is 2.41. The van der Waals surface area contributed by atoms with Crippen molar-refractivity contribution < 1.29 is 0 Å². The first kappa shape index (κ1) is 8.18. The molecule has 1 aliphatic heterocycles. The Morgan fingerprint density at radius 3 is 3.21 bits per heavy atom. The van der Waals surface area contributed by atoms with Gasteiger partial charge < -0.3 is 5.32 Å². The molecule has 0 radical (unpaired) electrons. The maximum Gasteiger partial charge on any atom is 0.0611 e. The van der Waals surface area contributed by atoms with E-state index in [0.29, 0.717) is 6.04 Å². The second-order valence-electron chi connectivity index (χ2n) is 3.53. The van der Waals surface area contributed by atoms with E-state index < -0.39 is 0 Å². The van der Waals surface area contributed by atoms with Crippen LogP contribution < -0.4 is 5.32 Å². The molecule has 1 aromatic carbocycles. The summed E-state index contributed by atoms with van der Waals surface area (Å²) in [5, 5.41) is 3.56. The Morgan fingerprint density at radius 1 is 1.29 bits per heavy atom. The van der Waals surface area contributed by atoms with Crippen molar-refractivity contribution in [2.75, 3.05) is 5.32 Å². The Bertz CT molecular complexity index is 420. The monoisotopic (exact) mass is 201 g/mol. The summed E-state index contributed by atoms with van der Waals surface area (Å²) < 4.78 is 0. The molecule has 2 aliphatic rings. The van der Waals surface area contributed by atoms with Gasteiger partial charge in [0.05, 0.1) is 6.04 Å². The molecule has 3 rings (SSSR count). The minimum atomic E-state index is 0.500. The molecule has 0 amide bonds. The molecule has 1 N–H and O–H groups in total. The second kappa shape index (κ2) is 3.21. The van der Waals surface area contributed by atoms with E-state index in [9.17, 15) is 0 Å². The molecule has 2 heteroatoms. The zero-order valence-electron chi connectivity index (χ0n) is 7.73. The molecule has 1 heterocycles. The number of hydrogen-bond acceptors (Lipinski definition) is 2. The topological polar surface area (TPSA) is 12.0 Å². The Hall–Kier alpha value is -1.15. The molecular formula is C12H11NS. The standard InChI is InChI=1S/C12H11NS/c1-3-7-11-9(5-1)13-10-6-2-4-8-12(10)14-11/h1-5,7-8,10,13H,6H2. The molecule has 1 aromatic rings. The average molecular weight is 201 g/mol. The molecule has 14 heavy (non-hydrogen) atoms. The van der Waals surface area contributed by atoms with Gasteiger partial charge in [0.25, 0.3) is 0 Å². The summed E-state index contributed by atoms with van der Waals surface area (Å²) in [6.45, 7) is 0. The molecule has 1 unspecified atom stereocenters. The van der Waals surface area contributed by atoms with Gasteiger partial charge in [0.15, 0.2) is 0 Å². The maximum absolute atomic E-state index is 3.56. The lowest BCUT2D eigenvalue weighted by Crippen LogP contribution is -2.24. The van der Waals surface area contributed by atoms with Gasteiger partial charge in [-0.25, -0.2) is 0 Å². The summed E-state index contributed by atoms with van der Waals surface area (Å²) in [5.74, 6) is 0. The molecule has 1 atom stereocenters. The summed E-state index contributed by atoms with van der Waals surface area (Å²) in [7, 11) is 0. The van der Waals surface area contributed by atoms with Crippen molar-refractivity contribution in [1.82, 2.24) is 0 Å². The molecule has 1 nitrogen and oxygen atoms in total. The van der Waals surface area contributed by atoms with Crippen molar-refractivity contribution >= 4 is 17.4 Å². The number of nitrogens with one attached hydrogen (secondary N) is 1. The van der Waals surface area contributed by atoms with Crippen molar-refractivity contribution in [3.05, 3.63) is 47.4 Å². The van der Waals surface area contributed by atoms with Crippen LogP contribution in [-0.2, 0) is 0 Å². The molecule has 0 saturated carbocycles. The van der Waals surface area contributed by atoms with Crippen LogP contribution in [0.1, 0.15) is 6.42 Å². The molecule has 70 valence electrons. The van der Waals surface area contributed by atoms with E-state index in [1.54, 1.807) is 0 Å². The summed E-state index contributed by atoms with van der Waals surface area (Å²) in [5.41, 5.74) is 1.27. The number of hydrogen-bond donors (Lipinski definition) is 1. The first-order valence-corrected chi connectivity index (χ1v) is 5.65. The van der Waals surface area contributed by atoms with E-state index in [4.69, 9.17) is 0 Å². The van der Waals surface area contributed by atoms with Crippen LogP contribution in [0.5, 0.6) is 0 Å². The molecule has 0 aromatic heterocycles. The van der Waals surface area contributed by atoms with E-state index in [1.165, 1.54) is 15.5 Å². The quantitative estimate of drug-likeness (QED) is 0.690. The van der Waals surface area contributed by atoms with E-state index in [-0.39, 0.29) is 0 Å². The summed E-state index contributed by atoms with van der Waals surface area (Å²) >= 11 is 1.89. The van der Waals surface area contributed by atoms with Gasteiger partial charge in [-0.1, -0.05) is 42.1 Å². The Labute approximate surface area is 87.9 Å². The predicted molar refractivity (Wildman–Crippen MR) is 61.5 cm³/mol. The zero-order valence-corrected chi connectivity index (χ0v) is 8.55. The van der Waals surface area contributed by atoms with Gasteiger partial charge in [-0.2, -0.15) is 0 Å². The molecule has 0 fully saturated rings. The number of anilines is 1. The summed E-state index contributed by atoms with van der Waals surface area (Å²) in [4.78, 5) is 2.77. The normalized spacial score (nSPS) is 23.1.